The molecule has 0 bridgehead atoms. The number of methoxy groups -OCH3 is 1. The van der Waals surface area contributed by atoms with Crippen molar-refractivity contribution in [2.24, 2.45) is 5.73 Å². The maximum absolute atomic E-state index is 15.0. The van der Waals surface area contributed by atoms with E-state index in [1.54, 1.807) is 49.7 Å². The Morgan fingerprint density at radius 3 is 2.48 bits per heavy atom. The van der Waals surface area contributed by atoms with Crippen molar-refractivity contribution in [3.8, 4) is 23.0 Å². The maximum atomic E-state index is 15.0. The standard InChI is InChI=1S/C23H22FN3O3.2ClH.H2O/c1-13-9-15-16(27-13)3-4-19(22(15)24)30-18-5-8-26-17-11-21(20(28-2)10-14(17)18)29-12-23(25)6-7-23;;;/h3-5,8-11,27H,6-7,12,25H2,1-2H3;2*1H;1H2. The molecule has 1 aliphatic rings. The molecule has 0 saturated heterocycles. The Morgan fingerprint density at radius 2 is 1.79 bits per heavy atom. The SMILES string of the molecule is COc1cc2c(Oc3ccc4[nH]c(C)cc4c3F)ccnc2cc1OCC1(N)CC1.Cl.Cl.O. The molecule has 0 atom stereocenters. The fraction of sp³-hybridized carbons (Fsp3) is 0.261. The molecule has 2 aromatic heterocycles. The molecular weight excluding hydrogens is 472 g/mol. The molecule has 5 N–H and O–H groups in total. The quantitative estimate of drug-likeness (QED) is 0.395. The highest BCUT2D eigenvalue weighted by Gasteiger charge is 2.39. The summed E-state index contributed by atoms with van der Waals surface area (Å²) in [6.45, 7) is 2.31. The van der Waals surface area contributed by atoms with Crippen LogP contribution in [0.4, 0.5) is 4.39 Å². The van der Waals surface area contributed by atoms with Gasteiger partial charge in [-0.15, -0.1) is 24.8 Å². The van der Waals surface area contributed by atoms with Gasteiger partial charge >= 0.3 is 0 Å². The molecule has 7 nitrogen and oxygen atoms in total. The number of ether oxygens (including phenoxy) is 3. The molecule has 0 spiro atoms. The summed E-state index contributed by atoms with van der Waals surface area (Å²) in [4.78, 5) is 7.53. The first-order chi connectivity index (χ1) is 14.5. The summed E-state index contributed by atoms with van der Waals surface area (Å²) < 4.78 is 32.3. The fourth-order valence-corrected chi connectivity index (χ4v) is 3.50. The minimum Gasteiger partial charge on any atom is -0.493 e. The molecule has 33 heavy (non-hydrogen) atoms. The Bertz CT molecular complexity index is 1280. The number of pyridine rings is 1. The van der Waals surface area contributed by atoms with Gasteiger partial charge in [0.05, 0.1) is 18.2 Å². The summed E-state index contributed by atoms with van der Waals surface area (Å²) in [6, 6.07) is 10.5. The third kappa shape index (κ3) is 5.09. The second-order valence-electron chi connectivity index (χ2n) is 7.87. The minimum absolute atomic E-state index is 0. The van der Waals surface area contributed by atoms with Crippen molar-refractivity contribution in [1.29, 1.82) is 0 Å². The van der Waals surface area contributed by atoms with E-state index in [0.717, 1.165) is 24.1 Å². The van der Waals surface area contributed by atoms with Gasteiger partial charge in [-0.25, -0.2) is 4.39 Å². The third-order valence-electron chi connectivity index (χ3n) is 5.45. The van der Waals surface area contributed by atoms with Gasteiger partial charge in [0.1, 0.15) is 12.4 Å². The van der Waals surface area contributed by atoms with Gasteiger partial charge in [-0.1, -0.05) is 0 Å². The molecule has 1 aliphatic carbocycles. The number of fused-ring (bicyclic) bond motifs is 2. The highest BCUT2D eigenvalue weighted by molar-refractivity contribution is 5.89. The Kier molecular flexibility index (Phi) is 8.03. The number of H-pyrrole nitrogens is 1. The first-order valence-electron chi connectivity index (χ1n) is 9.80. The zero-order chi connectivity index (χ0) is 20.9. The highest BCUT2D eigenvalue weighted by atomic mass is 35.5. The summed E-state index contributed by atoms with van der Waals surface area (Å²) in [7, 11) is 1.57. The first kappa shape index (κ1) is 26.5. The lowest BCUT2D eigenvalue weighted by Gasteiger charge is -2.16. The molecule has 1 saturated carbocycles. The molecule has 2 aromatic carbocycles. The topological polar surface area (TPSA) is 114 Å². The van der Waals surface area contributed by atoms with Gasteiger partial charge in [-0.3, -0.25) is 4.98 Å². The summed E-state index contributed by atoms with van der Waals surface area (Å²) >= 11 is 0. The van der Waals surface area contributed by atoms with Crippen LogP contribution in [0.15, 0.2) is 42.6 Å². The van der Waals surface area contributed by atoms with Gasteiger partial charge < -0.3 is 30.4 Å². The van der Waals surface area contributed by atoms with Crippen LogP contribution in [0.5, 0.6) is 23.0 Å². The van der Waals surface area contributed by atoms with Crippen LogP contribution in [0.3, 0.4) is 0 Å². The largest absolute Gasteiger partial charge is 0.493 e. The van der Waals surface area contributed by atoms with E-state index in [-0.39, 0.29) is 41.6 Å². The van der Waals surface area contributed by atoms with E-state index in [1.807, 2.05) is 6.92 Å². The van der Waals surface area contributed by atoms with Gasteiger partial charge in [0.15, 0.2) is 23.1 Å². The zero-order valence-electron chi connectivity index (χ0n) is 18.1. The van der Waals surface area contributed by atoms with Crippen molar-refractivity contribution < 1.29 is 24.1 Å². The Labute approximate surface area is 202 Å². The summed E-state index contributed by atoms with van der Waals surface area (Å²) in [6.07, 6.45) is 3.53. The number of aryl methyl sites for hydroxylation is 1. The predicted molar refractivity (Wildman–Crippen MR) is 131 cm³/mol. The van der Waals surface area contributed by atoms with Crippen LogP contribution < -0.4 is 19.9 Å². The molecular formula is C23H26Cl2FN3O4. The molecule has 10 heteroatoms. The van der Waals surface area contributed by atoms with Crippen molar-refractivity contribution in [3.63, 3.8) is 0 Å². The second-order valence-corrected chi connectivity index (χ2v) is 7.87. The molecule has 5 rings (SSSR count). The van der Waals surface area contributed by atoms with Crippen LogP contribution in [-0.2, 0) is 0 Å². The van der Waals surface area contributed by atoms with E-state index in [2.05, 4.69) is 9.97 Å². The maximum Gasteiger partial charge on any atom is 0.175 e. The lowest BCUT2D eigenvalue weighted by Crippen LogP contribution is -2.29. The number of halogens is 3. The predicted octanol–water partition coefficient (Wildman–Crippen LogP) is 4.85. The molecule has 0 aliphatic heterocycles. The van der Waals surface area contributed by atoms with Gasteiger partial charge in [0, 0.05) is 34.2 Å². The van der Waals surface area contributed by atoms with Gasteiger partial charge in [-0.05, 0) is 50.1 Å². The number of nitrogens with zero attached hydrogens (tertiary/aromatic N) is 1. The third-order valence-corrected chi connectivity index (χ3v) is 5.45. The van der Waals surface area contributed by atoms with Crippen LogP contribution in [0.2, 0.25) is 0 Å². The van der Waals surface area contributed by atoms with Crippen LogP contribution in [0.1, 0.15) is 18.5 Å². The number of hydrogen-bond donors (Lipinski definition) is 2. The Morgan fingerprint density at radius 1 is 1.03 bits per heavy atom. The number of aromatic amines is 1. The van der Waals surface area contributed by atoms with Crippen LogP contribution in [0.25, 0.3) is 21.8 Å². The van der Waals surface area contributed by atoms with Crippen molar-refractivity contribution >= 4 is 46.6 Å². The normalized spacial score (nSPS) is 13.5. The number of hydrogen-bond acceptors (Lipinski definition) is 5. The summed E-state index contributed by atoms with van der Waals surface area (Å²) in [5.41, 5.74) is 8.15. The molecule has 2 heterocycles. The molecule has 0 radical (unpaired) electrons. The number of nitrogens with two attached hydrogens (primary N) is 1. The molecule has 178 valence electrons. The van der Waals surface area contributed by atoms with Crippen LogP contribution >= 0.6 is 24.8 Å². The average Bonchev–Trinajstić information content (AvgIpc) is 3.35. The van der Waals surface area contributed by atoms with E-state index >= 15 is 0 Å². The summed E-state index contributed by atoms with van der Waals surface area (Å²) in [5.74, 6) is 1.33. The van der Waals surface area contributed by atoms with Crippen LogP contribution in [0, 0.1) is 12.7 Å². The van der Waals surface area contributed by atoms with Gasteiger partial charge in [0.25, 0.3) is 0 Å². The fourth-order valence-electron chi connectivity index (χ4n) is 3.50. The van der Waals surface area contributed by atoms with E-state index in [1.165, 1.54) is 0 Å². The number of benzene rings is 2. The van der Waals surface area contributed by atoms with Crippen molar-refractivity contribution in [2.45, 2.75) is 25.3 Å². The number of aromatic nitrogens is 2. The van der Waals surface area contributed by atoms with E-state index in [0.29, 0.717) is 40.1 Å². The van der Waals surface area contributed by atoms with E-state index < -0.39 is 5.82 Å². The molecule has 0 amide bonds. The van der Waals surface area contributed by atoms with Crippen molar-refractivity contribution in [2.75, 3.05) is 13.7 Å². The van der Waals surface area contributed by atoms with E-state index in [4.69, 9.17) is 19.9 Å². The zero-order valence-corrected chi connectivity index (χ0v) is 19.7. The Balaban J connectivity index is 0.00000128. The van der Waals surface area contributed by atoms with Gasteiger partial charge in [-0.2, -0.15) is 0 Å². The smallest absolute Gasteiger partial charge is 0.175 e. The first-order valence-corrected chi connectivity index (χ1v) is 9.80. The lowest BCUT2D eigenvalue weighted by atomic mass is 10.1. The van der Waals surface area contributed by atoms with Gasteiger partial charge in [0.2, 0.25) is 0 Å². The summed E-state index contributed by atoms with van der Waals surface area (Å²) in [5, 5.41) is 1.19. The molecule has 1 fully saturated rings. The number of rotatable bonds is 6. The highest BCUT2D eigenvalue weighted by Crippen LogP contribution is 2.40. The Hall–Kier alpha value is -2.78. The number of nitrogens with one attached hydrogen (secondary N) is 1. The van der Waals surface area contributed by atoms with E-state index in [9.17, 15) is 4.39 Å². The lowest BCUT2D eigenvalue weighted by molar-refractivity contribution is 0.264. The monoisotopic (exact) mass is 497 g/mol. The average molecular weight is 498 g/mol. The van der Waals surface area contributed by atoms with Crippen molar-refractivity contribution in [3.05, 3.63) is 54.1 Å². The second kappa shape index (κ2) is 10.0. The van der Waals surface area contributed by atoms with Crippen molar-refractivity contribution in [1.82, 2.24) is 9.97 Å². The van der Waals surface area contributed by atoms with Crippen LogP contribution in [-0.4, -0.2) is 34.7 Å². The molecule has 0 unspecified atom stereocenters. The molecule has 4 aromatic rings. The minimum atomic E-state index is -0.411.